The lowest BCUT2D eigenvalue weighted by atomic mass is 10.1. The van der Waals surface area contributed by atoms with Gasteiger partial charge in [-0.3, -0.25) is 9.69 Å². The van der Waals surface area contributed by atoms with Crippen molar-refractivity contribution in [3.8, 4) is 11.3 Å². The Kier molecular flexibility index (Phi) is 9.07. The summed E-state index contributed by atoms with van der Waals surface area (Å²) in [5, 5.41) is 13.3. The average Bonchev–Trinajstić information content (AvgIpc) is 3.36. The smallest absolute Gasteiger partial charge is 0.267 e. The Hall–Kier alpha value is -3.51. The highest BCUT2D eigenvalue weighted by Gasteiger charge is 2.21. The lowest BCUT2D eigenvalue weighted by molar-refractivity contribution is 0.0887. The molecule has 0 spiro atoms. The third kappa shape index (κ3) is 6.44. The molecule has 1 aliphatic rings. The van der Waals surface area contributed by atoms with Gasteiger partial charge in [-0.25, -0.2) is 9.97 Å². The summed E-state index contributed by atoms with van der Waals surface area (Å²) in [5.41, 5.74) is 8.67. The second kappa shape index (κ2) is 12.6. The molecule has 1 saturated heterocycles. The normalized spacial score (nSPS) is 14.6. The molecule has 3 aromatic rings. The summed E-state index contributed by atoms with van der Waals surface area (Å²) in [6, 6.07) is 11.0. The van der Waals surface area contributed by atoms with E-state index in [0.29, 0.717) is 49.3 Å². The number of methoxy groups -OCH3 is 1. The van der Waals surface area contributed by atoms with Gasteiger partial charge < -0.3 is 35.5 Å². The topological polar surface area (TPSA) is 142 Å². The lowest BCUT2D eigenvalue weighted by Crippen LogP contribution is -2.36. The highest BCUT2D eigenvalue weighted by Crippen LogP contribution is 2.29. The number of pyridine rings is 2. The Morgan fingerprint density at radius 3 is 2.78 bits per heavy atom. The van der Waals surface area contributed by atoms with Gasteiger partial charge in [0.1, 0.15) is 17.3 Å². The molecule has 0 radical (unpaired) electrons. The molecule has 1 atom stereocenters. The maximum absolute atomic E-state index is 12.2. The van der Waals surface area contributed by atoms with E-state index in [1.807, 2.05) is 37.3 Å². The number of carbonyl (C=O) groups is 1. The number of anilines is 3. The Balaban J connectivity index is 1.55. The molecule has 11 nitrogen and oxygen atoms in total. The summed E-state index contributed by atoms with van der Waals surface area (Å²) in [4.78, 5) is 28.9. The molecule has 0 bridgehead atoms. The molecule has 1 unspecified atom stereocenters. The summed E-state index contributed by atoms with van der Waals surface area (Å²) in [6.07, 6.45) is 1.77. The quantitative estimate of drug-likeness (QED) is 0.289. The Bertz CT molecular complexity index is 1160. The Morgan fingerprint density at radius 2 is 2.14 bits per heavy atom. The molecule has 4 heterocycles. The zero-order valence-electron chi connectivity index (χ0n) is 21.3. The van der Waals surface area contributed by atoms with Crippen LogP contribution in [-0.4, -0.2) is 90.6 Å². The molecule has 4 rings (SSSR count). The number of aliphatic hydroxyl groups is 1. The van der Waals surface area contributed by atoms with Gasteiger partial charge in [-0.1, -0.05) is 13.0 Å². The number of likely N-dealkylation sites (N-methyl/N-ethyl adjacent to an activating group) is 1. The van der Waals surface area contributed by atoms with E-state index >= 15 is 0 Å². The molecular weight excluding hydrogens is 474 g/mol. The molecule has 0 aliphatic carbocycles. The van der Waals surface area contributed by atoms with Crippen LogP contribution in [-0.2, 0) is 9.47 Å². The number of carbonyl (C=O) groups excluding carboxylic acids is 1. The number of primary amides is 1. The SMILES string of the molecule is CCN(CCOC)C(CO)c1cccc(Nc2cc(-c3ccc(N4CCOCC4)nc3)[nH]c2C(N)=O)n1. The third-order valence-electron chi connectivity index (χ3n) is 6.44. The monoisotopic (exact) mass is 509 g/mol. The van der Waals surface area contributed by atoms with Crippen LogP contribution in [0.2, 0.25) is 0 Å². The second-order valence-electron chi connectivity index (χ2n) is 8.73. The van der Waals surface area contributed by atoms with Crippen LogP contribution < -0.4 is 16.0 Å². The number of nitrogens with two attached hydrogens (primary N) is 1. The van der Waals surface area contributed by atoms with Crippen molar-refractivity contribution in [3.05, 3.63) is 54.0 Å². The van der Waals surface area contributed by atoms with Crippen LogP contribution in [0.15, 0.2) is 42.6 Å². The van der Waals surface area contributed by atoms with Crippen molar-refractivity contribution in [1.82, 2.24) is 19.9 Å². The Morgan fingerprint density at radius 1 is 1.32 bits per heavy atom. The summed E-state index contributed by atoms with van der Waals surface area (Å²) in [6.45, 7) is 6.90. The second-order valence-corrected chi connectivity index (χ2v) is 8.73. The fourth-order valence-corrected chi connectivity index (χ4v) is 4.41. The van der Waals surface area contributed by atoms with Crippen LogP contribution in [0.3, 0.4) is 0 Å². The lowest BCUT2D eigenvalue weighted by Gasteiger charge is -2.28. The molecule has 37 heavy (non-hydrogen) atoms. The van der Waals surface area contributed by atoms with E-state index in [-0.39, 0.29) is 18.3 Å². The van der Waals surface area contributed by atoms with Gasteiger partial charge in [0.05, 0.1) is 43.9 Å². The van der Waals surface area contributed by atoms with Crippen molar-refractivity contribution in [2.24, 2.45) is 5.73 Å². The van der Waals surface area contributed by atoms with Crippen molar-refractivity contribution >= 4 is 23.2 Å². The largest absolute Gasteiger partial charge is 0.394 e. The molecule has 0 aromatic carbocycles. The number of nitrogens with zero attached hydrogens (tertiary/aromatic N) is 4. The van der Waals surface area contributed by atoms with Gasteiger partial charge >= 0.3 is 0 Å². The first kappa shape index (κ1) is 26.6. The standard InChI is InChI=1S/C26H35N7O4/c1-3-32(9-12-36-2)22(17-34)19-5-4-6-23(29-19)30-21-15-20(31-25(21)26(27)35)18-7-8-24(28-16-18)33-10-13-37-14-11-33/h4-8,15-16,22,31,34H,3,9-14,17H2,1-2H3,(H2,27,35)(H,29,30). The van der Waals surface area contributed by atoms with Crippen LogP contribution in [0.5, 0.6) is 0 Å². The van der Waals surface area contributed by atoms with Crippen molar-refractivity contribution in [3.63, 3.8) is 0 Å². The van der Waals surface area contributed by atoms with E-state index in [4.69, 9.17) is 20.2 Å². The van der Waals surface area contributed by atoms with Gasteiger partial charge in [0.25, 0.3) is 5.91 Å². The molecule has 5 N–H and O–H groups in total. The molecule has 1 amide bonds. The summed E-state index contributed by atoms with van der Waals surface area (Å²) >= 11 is 0. The van der Waals surface area contributed by atoms with Gasteiger partial charge in [-0.05, 0) is 36.9 Å². The number of morpholine rings is 1. The maximum Gasteiger partial charge on any atom is 0.267 e. The van der Waals surface area contributed by atoms with Crippen molar-refractivity contribution in [2.45, 2.75) is 13.0 Å². The number of amides is 1. The number of ether oxygens (including phenoxy) is 2. The number of aromatic nitrogens is 3. The number of aliphatic hydroxyl groups excluding tert-OH is 1. The summed E-state index contributed by atoms with van der Waals surface area (Å²) in [5.74, 6) is 0.832. The zero-order chi connectivity index (χ0) is 26.2. The minimum Gasteiger partial charge on any atom is -0.394 e. The van der Waals surface area contributed by atoms with Crippen LogP contribution in [0.1, 0.15) is 29.1 Å². The maximum atomic E-state index is 12.2. The highest BCUT2D eigenvalue weighted by atomic mass is 16.5. The van der Waals surface area contributed by atoms with Gasteiger partial charge in [0, 0.05) is 44.2 Å². The molecule has 11 heteroatoms. The fraction of sp³-hybridized carbons (Fsp3) is 0.423. The van der Waals surface area contributed by atoms with Crippen LogP contribution in [0, 0.1) is 0 Å². The predicted octanol–water partition coefficient (Wildman–Crippen LogP) is 2.15. The molecular formula is C26H35N7O4. The van der Waals surface area contributed by atoms with E-state index in [0.717, 1.165) is 31.0 Å². The summed E-state index contributed by atoms with van der Waals surface area (Å²) < 4.78 is 10.6. The van der Waals surface area contributed by atoms with Crippen molar-refractivity contribution < 1.29 is 19.4 Å². The van der Waals surface area contributed by atoms with E-state index in [1.54, 1.807) is 19.4 Å². The number of hydrogen-bond donors (Lipinski definition) is 4. The first-order valence-electron chi connectivity index (χ1n) is 12.4. The van der Waals surface area contributed by atoms with E-state index in [1.165, 1.54) is 0 Å². The number of aromatic amines is 1. The number of hydrogen-bond acceptors (Lipinski definition) is 9. The fourth-order valence-electron chi connectivity index (χ4n) is 4.41. The molecule has 3 aromatic heterocycles. The number of nitrogens with one attached hydrogen (secondary N) is 2. The third-order valence-corrected chi connectivity index (χ3v) is 6.44. The average molecular weight is 510 g/mol. The van der Waals surface area contributed by atoms with Gasteiger partial charge in [-0.15, -0.1) is 0 Å². The predicted molar refractivity (Wildman–Crippen MR) is 142 cm³/mol. The molecule has 1 aliphatic heterocycles. The number of H-pyrrole nitrogens is 1. The van der Waals surface area contributed by atoms with Crippen LogP contribution >= 0.6 is 0 Å². The van der Waals surface area contributed by atoms with Crippen molar-refractivity contribution in [2.75, 3.05) is 69.9 Å². The highest BCUT2D eigenvalue weighted by molar-refractivity contribution is 5.99. The minimum absolute atomic E-state index is 0.0811. The first-order valence-corrected chi connectivity index (χ1v) is 12.4. The zero-order valence-corrected chi connectivity index (χ0v) is 21.3. The first-order chi connectivity index (χ1) is 18.0. The van der Waals surface area contributed by atoms with E-state index in [2.05, 4.69) is 25.1 Å². The van der Waals surface area contributed by atoms with Crippen LogP contribution in [0.25, 0.3) is 11.3 Å². The van der Waals surface area contributed by atoms with Gasteiger partial charge in [-0.2, -0.15) is 0 Å². The van der Waals surface area contributed by atoms with Crippen molar-refractivity contribution in [1.29, 1.82) is 0 Å². The minimum atomic E-state index is -0.590. The van der Waals surface area contributed by atoms with Crippen LogP contribution in [0.4, 0.5) is 17.3 Å². The number of rotatable bonds is 12. The van der Waals surface area contributed by atoms with Gasteiger partial charge in [0.15, 0.2) is 0 Å². The molecule has 0 saturated carbocycles. The van der Waals surface area contributed by atoms with Gasteiger partial charge in [0.2, 0.25) is 0 Å². The molecule has 198 valence electrons. The Labute approximate surface area is 216 Å². The van der Waals surface area contributed by atoms with E-state index < -0.39 is 5.91 Å². The summed E-state index contributed by atoms with van der Waals surface area (Å²) in [7, 11) is 1.65. The molecule has 1 fully saturated rings. The van der Waals surface area contributed by atoms with E-state index in [9.17, 15) is 9.90 Å².